The Morgan fingerprint density at radius 1 is 1.53 bits per heavy atom. The van der Waals surface area contributed by atoms with Crippen LogP contribution in [0.25, 0.3) is 0 Å². The number of rotatable bonds is 5. The Morgan fingerprint density at radius 2 is 2.26 bits per heavy atom. The van der Waals surface area contributed by atoms with Crippen molar-refractivity contribution < 1.29 is 9.53 Å². The zero-order valence-electron chi connectivity index (χ0n) is 11.0. The second-order valence-corrected chi connectivity index (χ2v) is 7.06. The van der Waals surface area contributed by atoms with Crippen LogP contribution in [0.4, 0.5) is 0 Å². The molecule has 106 valence electrons. The van der Waals surface area contributed by atoms with E-state index in [0.29, 0.717) is 26.2 Å². The maximum Gasteiger partial charge on any atom is 0.224 e. The molecule has 19 heavy (non-hydrogen) atoms. The van der Waals surface area contributed by atoms with Gasteiger partial charge in [0, 0.05) is 37.0 Å². The second kappa shape index (κ2) is 7.38. The largest absolute Gasteiger partial charge is 0.378 e. The van der Waals surface area contributed by atoms with Crippen LogP contribution in [0.5, 0.6) is 0 Å². The van der Waals surface area contributed by atoms with E-state index in [4.69, 9.17) is 4.74 Å². The molecule has 4 nitrogen and oxygen atoms in total. The zero-order valence-corrected chi connectivity index (χ0v) is 13.4. The molecule has 1 aliphatic heterocycles. The van der Waals surface area contributed by atoms with Crippen LogP contribution in [0.15, 0.2) is 15.9 Å². The Hall–Kier alpha value is -0.430. The number of hydrogen-bond donors (Lipinski definition) is 1. The number of nitrogens with zero attached hydrogens (tertiary/aromatic N) is 1. The summed E-state index contributed by atoms with van der Waals surface area (Å²) in [4.78, 5) is 15.1. The SMILES string of the molecule is CC(NCCC(=O)N1CCOCC1)c1ccc(Br)s1. The number of thiophene rings is 1. The van der Waals surface area contributed by atoms with Gasteiger partial charge in [-0.3, -0.25) is 4.79 Å². The molecule has 1 saturated heterocycles. The third kappa shape index (κ3) is 4.56. The number of hydrogen-bond acceptors (Lipinski definition) is 4. The van der Waals surface area contributed by atoms with Gasteiger partial charge < -0.3 is 15.0 Å². The molecule has 0 aliphatic carbocycles. The molecule has 1 amide bonds. The van der Waals surface area contributed by atoms with Crippen LogP contribution in [0.3, 0.4) is 0 Å². The molecule has 0 saturated carbocycles. The van der Waals surface area contributed by atoms with Crippen molar-refractivity contribution in [3.8, 4) is 0 Å². The summed E-state index contributed by atoms with van der Waals surface area (Å²) in [6.45, 7) is 5.63. The van der Waals surface area contributed by atoms with Gasteiger partial charge in [0.2, 0.25) is 5.91 Å². The average molecular weight is 347 g/mol. The van der Waals surface area contributed by atoms with Crippen LogP contribution in [-0.4, -0.2) is 43.7 Å². The Morgan fingerprint density at radius 3 is 2.89 bits per heavy atom. The number of amides is 1. The van der Waals surface area contributed by atoms with Crippen LogP contribution < -0.4 is 5.32 Å². The lowest BCUT2D eigenvalue weighted by Gasteiger charge is -2.27. The Balaban J connectivity index is 1.69. The summed E-state index contributed by atoms with van der Waals surface area (Å²) in [6, 6.07) is 4.45. The van der Waals surface area contributed by atoms with Gasteiger partial charge in [-0.2, -0.15) is 0 Å². The van der Waals surface area contributed by atoms with Crippen LogP contribution in [0.1, 0.15) is 24.3 Å². The summed E-state index contributed by atoms with van der Waals surface area (Å²) in [5, 5.41) is 3.39. The van der Waals surface area contributed by atoms with Crippen LogP contribution in [0, 0.1) is 0 Å². The summed E-state index contributed by atoms with van der Waals surface area (Å²) in [7, 11) is 0. The summed E-state index contributed by atoms with van der Waals surface area (Å²) >= 11 is 5.19. The Bertz CT molecular complexity index is 419. The van der Waals surface area contributed by atoms with Gasteiger partial charge in [-0.15, -0.1) is 11.3 Å². The first kappa shape index (κ1) is 15.0. The highest BCUT2D eigenvalue weighted by Gasteiger charge is 2.16. The maximum atomic E-state index is 11.9. The van der Waals surface area contributed by atoms with E-state index >= 15 is 0 Å². The molecule has 1 aromatic heterocycles. The topological polar surface area (TPSA) is 41.6 Å². The molecule has 0 aromatic carbocycles. The van der Waals surface area contributed by atoms with E-state index in [9.17, 15) is 4.79 Å². The fourth-order valence-electron chi connectivity index (χ4n) is 2.03. The van der Waals surface area contributed by atoms with Crippen molar-refractivity contribution in [3.05, 3.63) is 20.8 Å². The summed E-state index contributed by atoms with van der Waals surface area (Å²) < 4.78 is 6.38. The summed E-state index contributed by atoms with van der Waals surface area (Å²) in [5.74, 6) is 0.218. The van der Waals surface area contributed by atoms with Crippen molar-refractivity contribution in [3.63, 3.8) is 0 Å². The van der Waals surface area contributed by atoms with Crippen molar-refractivity contribution >= 4 is 33.2 Å². The molecule has 1 fully saturated rings. The predicted octanol–water partition coefficient (Wildman–Crippen LogP) is 2.41. The number of ether oxygens (including phenoxy) is 1. The molecular weight excluding hydrogens is 328 g/mol. The minimum absolute atomic E-state index is 0.218. The highest BCUT2D eigenvalue weighted by Crippen LogP contribution is 2.26. The molecule has 0 bridgehead atoms. The highest BCUT2D eigenvalue weighted by molar-refractivity contribution is 9.11. The summed E-state index contributed by atoms with van der Waals surface area (Å²) in [6.07, 6.45) is 0.552. The first-order chi connectivity index (χ1) is 9.16. The van der Waals surface area contributed by atoms with E-state index in [1.807, 2.05) is 4.90 Å². The predicted molar refractivity (Wildman–Crippen MR) is 80.5 cm³/mol. The van der Waals surface area contributed by atoms with Crippen molar-refractivity contribution in [1.82, 2.24) is 10.2 Å². The highest BCUT2D eigenvalue weighted by atomic mass is 79.9. The van der Waals surface area contributed by atoms with Crippen LogP contribution >= 0.6 is 27.3 Å². The Kier molecular flexibility index (Phi) is 5.81. The molecule has 2 heterocycles. The fourth-order valence-corrected chi connectivity index (χ4v) is 3.48. The monoisotopic (exact) mass is 346 g/mol. The lowest BCUT2D eigenvalue weighted by molar-refractivity contribution is -0.135. The van der Waals surface area contributed by atoms with E-state index in [2.05, 4.69) is 40.3 Å². The molecule has 1 N–H and O–H groups in total. The van der Waals surface area contributed by atoms with Gasteiger partial charge >= 0.3 is 0 Å². The van der Waals surface area contributed by atoms with Crippen LogP contribution in [-0.2, 0) is 9.53 Å². The van der Waals surface area contributed by atoms with Gasteiger partial charge in [-0.25, -0.2) is 0 Å². The normalized spacial score (nSPS) is 17.5. The van der Waals surface area contributed by atoms with Gasteiger partial charge in [0.05, 0.1) is 17.0 Å². The van der Waals surface area contributed by atoms with Crippen LogP contribution in [0.2, 0.25) is 0 Å². The smallest absolute Gasteiger partial charge is 0.224 e. The number of morpholine rings is 1. The maximum absolute atomic E-state index is 11.9. The van der Waals surface area contributed by atoms with Gasteiger partial charge in [0.25, 0.3) is 0 Å². The molecule has 0 radical (unpaired) electrons. The number of nitrogens with one attached hydrogen (secondary N) is 1. The fraction of sp³-hybridized carbons (Fsp3) is 0.615. The van der Waals surface area contributed by atoms with E-state index in [-0.39, 0.29) is 11.9 Å². The van der Waals surface area contributed by atoms with Crippen molar-refractivity contribution in [2.75, 3.05) is 32.8 Å². The molecule has 1 unspecified atom stereocenters. The lowest BCUT2D eigenvalue weighted by Crippen LogP contribution is -2.41. The first-order valence-electron chi connectivity index (χ1n) is 6.51. The Labute approximate surface area is 126 Å². The van der Waals surface area contributed by atoms with Gasteiger partial charge in [0.1, 0.15) is 0 Å². The van der Waals surface area contributed by atoms with Crippen molar-refractivity contribution in [2.45, 2.75) is 19.4 Å². The number of halogens is 1. The van der Waals surface area contributed by atoms with E-state index in [0.717, 1.165) is 16.9 Å². The van der Waals surface area contributed by atoms with Crippen molar-refractivity contribution in [2.24, 2.45) is 0 Å². The molecule has 1 atom stereocenters. The van der Waals surface area contributed by atoms with Gasteiger partial charge in [-0.05, 0) is 35.0 Å². The number of carbonyl (C=O) groups excluding carboxylic acids is 1. The quantitative estimate of drug-likeness (QED) is 0.889. The standard InChI is InChI=1S/C13H19BrN2O2S/c1-10(11-2-3-12(14)19-11)15-5-4-13(17)16-6-8-18-9-7-16/h2-3,10,15H,4-9H2,1H3. The van der Waals surface area contributed by atoms with Crippen molar-refractivity contribution in [1.29, 1.82) is 0 Å². The molecule has 1 aliphatic rings. The van der Waals surface area contributed by atoms with E-state index in [1.165, 1.54) is 4.88 Å². The molecular formula is C13H19BrN2O2S. The molecule has 6 heteroatoms. The van der Waals surface area contributed by atoms with Gasteiger partial charge in [-0.1, -0.05) is 0 Å². The lowest BCUT2D eigenvalue weighted by atomic mass is 10.2. The second-order valence-electron chi connectivity index (χ2n) is 4.56. The zero-order chi connectivity index (χ0) is 13.7. The molecule has 0 spiro atoms. The minimum atomic E-state index is 0.218. The first-order valence-corrected chi connectivity index (χ1v) is 8.12. The third-order valence-electron chi connectivity index (χ3n) is 3.17. The van der Waals surface area contributed by atoms with Gasteiger partial charge in [0.15, 0.2) is 0 Å². The molecule has 1 aromatic rings. The number of carbonyl (C=O) groups is 1. The van der Waals surface area contributed by atoms with E-state index in [1.54, 1.807) is 11.3 Å². The summed E-state index contributed by atoms with van der Waals surface area (Å²) in [5.41, 5.74) is 0. The van der Waals surface area contributed by atoms with E-state index < -0.39 is 0 Å². The molecule has 2 rings (SSSR count). The third-order valence-corrected chi connectivity index (χ3v) is 4.98. The average Bonchev–Trinajstić information content (AvgIpc) is 2.86. The minimum Gasteiger partial charge on any atom is -0.378 e.